The van der Waals surface area contributed by atoms with E-state index in [-0.39, 0.29) is 24.3 Å². The van der Waals surface area contributed by atoms with E-state index in [9.17, 15) is 13.2 Å². The van der Waals surface area contributed by atoms with Gasteiger partial charge in [-0.1, -0.05) is 36.4 Å². The van der Waals surface area contributed by atoms with E-state index in [0.29, 0.717) is 42.8 Å². The lowest BCUT2D eigenvalue weighted by Gasteiger charge is -2.30. The maximum atomic E-state index is 13.0. The fraction of sp³-hybridized carbons (Fsp3) is 0.318. The van der Waals surface area contributed by atoms with Crippen LogP contribution in [0.5, 0.6) is 5.75 Å². The van der Waals surface area contributed by atoms with Crippen LogP contribution in [0.3, 0.4) is 0 Å². The lowest BCUT2D eigenvalue weighted by Crippen LogP contribution is -2.46. The summed E-state index contributed by atoms with van der Waals surface area (Å²) in [5.41, 5.74) is 1.32. The predicted molar refractivity (Wildman–Crippen MR) is 114 cm³/mol. The number of benzene rings is 2. The average molecular weight is 429 g/mol. The highest BCUT2D eigenvalue weighted by Crippen LogP contribution is 2.28. The van der Waals surface area contributed by atoms with Crippen LogP contribution >= 0.6 is 0 Å². The minimum atomic E-state index is -3.20. The Kier molecular flexibility index (Phi) is 5.78. The average Bonchev–Trinajstić information content (AvgIpc) is 3.11. The lowest BCUT2D eigenvalue weighted by atomic mass is 10.1. The molecule has 0 spiro atoms. The summed E-state index contributed by atoms with van der Waals surface area (Å²) in [5, 5.41) is 3.84. The number of furan rings is 1. The maximum absolute atomic E-state index is 13.0. The number of para-hydroxylation sites is 2. The van der Waals surface area contributed by atoms with Gasteiger partial charge in [0, 0.05) is 30.1 Å². The van der Waals surface area contributed by atoms with Gasteiger partial charge in [0.25, 0.3) is 5.91 Å². The van der Waals surface area contributed by atoms with Gasteiger partial charge in [0.15, 0.2) is 5.76 Å². The minimum absolute atomic E-state index is 0.105. The molecule has 30 heavy (non-hydrogen) atoms. The van der Waals surface area contributed by atoms with Gasteiger partial charge in [-0.2, -0.15) is 0 Å². The zero-order valence-electron chi connectivity index (χ0n) is 16.7. The van der Waals surface area contributed by atoms with Crippen molar-refractivity contribution in [2.45, 2.75) is 25.5 Å². The van der Waals surface area contributed by atoms with E-state index in [0.717, 1.165) is 5.39 Å². The van der Waals surface area contributed by atoms with Gasteiger partial charge in [-0.15, -0.1) is 0 Å². The fourth-order valence-corrected chi connectivity index (χ4v) is 4.55. The molecule has 0 unspecified atom stereocenters. The van der Waals surface area contributed by atoms with Crippen LogP contribution in [0.4, 0.5) is 0 Å². The Morgan fingerprint density at radius 3 is 2.47 bits per heavy atom. The first-order chi connectivity index (χ1) is 14.4. The van der Waals surface area contributed by atoms with Crippen molar-refractivity contribution in [3.05, 3.63) is 65.9 Å². The molecule has 1 aliphatic rings. The Morgan fingerprint density at radius 1 is 1.10 bits per heavy atom. The van der Waals surface area contributed by atoms with Gasteiger partial charge in [0.2, 0.25) is 10.0 Å². The highest BCUT2D eigenvalue weighted by Gasteiger charge is 2.28. The number of sulfonamides is 1. The molecule has 1 N–H and O–H groups in total. The first-order valence-corrected chi connectivity index (χ1v) is 11.7. The minimum Gasteiger partial charge on any atom is -0.489 e. The van der Waals surface area contributed by atoms with E-state index < -0.39 is 10.0 Å². The number of piperidine rings is 1. The normalized spacial score (nSPS) is 15.9. The van der Waals surface area contributed by atoms with E-state index in [2.05, 4.69) is 5.32 Å². The molecule has 1 amide bonds. The number of amides is 1. The molecule has 1 aromatic heterocycles. The molecule has 8 heteroatoms. The van der Waals surface area contributed by atoms with Crippen molar-refractivity contribution < 1.29 is 22.4 Å². The van der Waals surface area contributed by atoms with Crippen molar-refractivity contribution in [2.24, 2.45) is 0 Å². The smallest absolute Gasteiger partial charge is 0.287 e. The molecule has 1 saturated heterocycles. The third kappa shape index (κ3) is 4.49. The Balaban J connectivity index is 1.51. The van der Waals surface area contributed by atoms with Gasteiger partial charge in [0.1, 0.15) is 17.9 Å². The molecule has 3 aromatic rings. The second kappa shape index (κ2) is 8.49. The Morgan fingerprint density at radius 2 is 1.77 bits per heavy atom. The topological polar surface area (TPSA) is 88.9 Å². The van der Waals surface area contributed by atoms with Crippen molar-refractivity contribution in [3.8, 4) is 5.75 Å². The third-order valence-corrected chi connectivity index (χ3v) is 6.59. The molecule has 1 fully saturated rings. The van der Waals surface area contributed by atoms with Gasteiger partial charge in [-0.05, 0) is 31.0 Å². The second-order valence-corrected chi connectivity index (χ2v) is 9.40. The lowest BCUT2D eigenvalue weighted by molar-refractivity contribution is 0.0894. The summed E-state index contributed by atoms with van der Waals surface area (Å²) < 4.78 is 36.5. The van der Waals surface area contributed by atoms with Crippen LogP contribution in [-0.2, 0) is 16.6 Å². The summed E-state index contributed by atoms with van der Waals surface area (Å²) in [6, 6.07) is 16.8. The Bertz CT molecular complexity index is 1130. The van der Waals surface area contributed by atoms with Gasteiger partial charge in [-0.3, -0.25) is 4.79 Å². The van der Waals surface area contributed by atoms with Crippen molar-refractivity contribution in [1.82, 2.24) is 9.62 Å². The SMILES string of the molecule is CS(=O)(=O)N1CCC(NC(=O)c2oc3ccccc3c2COc2ccccc2)CC1. The van der Waals surface area contributed by atoms with Crippen molar-refractivity contribution in [3.63, 3.8) is 0 Å². The summed E-state index contributed by atoms with van der Waals surface area (Å²) in [7, 11) is -3.20. The summed E-state index contributed by atoms with van der Waals surface area (Å²) in [6.45, 7) is 0.998. The highest BCUT2D eigenvalue weighted by atomic mass is 32.2. The molecule has 0 radical (unpaired) electrons. The van der Waals surface area contributed by atoms with E-state index in [1.54, 1.807) is 0 Å². The zero-order chi connectivity index (χ0) is 21.1. The number of ether oxygens (including phenoxy) is 1. The molecule has 0 aliphatic carbocycles. The van der Waals surface area contributed by atoms with Gasteiger partial charge >= 0.3 is 0 Å². The first-order valence-electron chi connectivity index (χ1n) is 9.86. The summed E-state index contributed by atoms with van der Waals surface area (Å²) >= 11 is 0. The number of nitrogens with one attached hydrogen (secondary N) is 1. The van der Waals surface area contributed by atoms with Crippen LogP contribution in [0.25, 0.3) is 11.0 Å². The molecule has 2 aromatic carbocycles. The summed E-state index contributed by atoms with van der Waals surface area (Å²) in [6.07, 6.45) is 2.34. The van der Waals surface area contributed by atoms with E-state index in [1.165, 1.54) is 10.6 Å². The number of hydrogen-bond donors (Lipinski definition) is 1. The molecule has 7 nitrogen and oxygen atoms in total. The third-order valence-electron chi connectivity index (χ3n) is 5.29. The Labute approximate surface area is 175 Å². The molecule has 158 valence electrons. The number of carbonyl (C=O) groups excluding carboxylic acids is 1. The van der Waals surface area contributed by atoms with Crippen LogP contribution < -0.4 is 10.1 Å². The number of rotatable bonds is 6. The molecule has 0 saturated carbocycles. The fourth-order valence-electron chi connectivity index (χ4n) is 3.68. The number of fused-ring (bicyclic) bond motifs is 1. The van der Waals surface area contributed by atoms with Crippen molar-refractivity contribution in [2.75, 3.05) is 19.3 Å². The second-order valence-electron chi connectivity index (χ2n) is 7.42. The molecule has 0 bridgehead atoms. The van der Waals surface area contributed by atoms with E-state index in [4.69, 9.17) is 9.15 Å². The molecular weight excluding hydrogens is 404 g/mol. The van der Waals surface area contributed by atoms with E-state index >= 15 is 0 Å². The Hall–Kier alpha value is -2.84. The molecule has 2 heterocycles. The van der Waals surface area contributed by atoms with Gasteiger partial charge in [-0.25, -0.2) is 12.7 Å². The van der Waals surface area contributed by atoms with Crippen LogP contribution in [0.1, 0.15) is 29.0 Å². The van der Waals surface area contributed by atoms with Gasteiger partial charge in [0.05, 0.1) is 6.26 Å². The monoisotopic (exact) mass is 428 g/mol. The van der Waals surface area contributed by atoms with Gasteiger partial charge < -0.3 is 14.5 Å². The summed E-state index contributed by atoms with van der Waals surface area (Å²) in [4.78, 5) is 13.0. The van der Waals surface area contributed by atoms with Crippen LogP contribution in [0, 0.1) is 0 Å². The number of carbonyl (C=O) groups is 1. The number of nitrogens with zero attached hydrogens (tertiary/aromatic N) is 1. The molecule has 0 atom stereocenters. The quantitative estimate of drug-likeness (QED) is 0.652. The van der Waals surface area contributed by atoms with Crippen molar-refractivity contribution >= 4 is 26.9 Å². The standard InChI is InChI=1S/C22H24N2O5S/c1-30(26,27)24-13-11-16(12-14-24)23-22(25)21-19(15-28-17-7-3-2-4-8-17)18-9-5-6-10-20(18)29-21/h2-10,16H,11-15H2,1H3,(H,23,25). The molecule has 1 aliphatic heterocycles. The van der Waals surface area contributed by atoms with Crippen molar-refractivity contribution in [1.29, 1.82) is 0 Å². The van der Waals surface area contributed by atoms with Crippen LogP contribution in [0.15, 0.2) is 59.0 Å². The first kappa shape index (κ1) is 20.4. The van der Waals surface area contributed by atoms with Crippen LogP contribution in [-0.4, -0.2) is 44.0 Å². The predicted octanol–water partition coefficient (Wildman–Crippen LogP) is 3.17. The van der Waals surface area contributed by atoms with E-state index in [1.807, 2.05) is 54.6 Å². The zero-order valence-corrected chi connectivity index (χ0v) is 17.5. The van der Waals surface area contributed by atoms with Crippen LogP contribution in [0.2, 0.25) is 0 Å². The number of hydrogen-bond acceptors (Lipinski definition) is 5. The molecule has 4 rings (SSSR count). The highest BCUT2D eigenvalue weighted by molar-refractivity contribution is 7.88. The summed E-state index contributed by atoms with van der Waals surface area (Å²) in [5.74, 6) is 0.635. The largest absolute Gasteiger partial charge is 0.489 e. The maximum Gasteiger partial charge on any atom is 0.287 e. The molecular formula is C22H24N2O5S.